The molecule has 1 aliphatic rings. The Kier molecular flexibility index (Phi) is 4.41. The zero-order valence-corrected chi connectivity index (χ0v) is 8.56. The first-order valence-electron chi connectivity index (χ1n) is 5.11. The molecule has 1 aliphatic heterocycles. The van der Waals surface area contributed by atoms with E-state index in [0.717, 1.165) is 19.4 Å². The number of halogens is 2. The average molecular weight is 221 g/mol. The van der Waals surface area contributed by atoms with Crippen molar-refractivity contribution in [2.75, 3.05) is 26.2 Å². The summed E-state index contributed by atoms with van der Waals surface area (Å²) in [6.07, 6.45) is 1.67. The van der Waals surface area contributed by atoms with Crippen molar-refractivity contribution in [1.29, 1.82) is 0 Å². The second-order valence-electron chi connectivity index (χ2n) is 3.82. The number of nitrogens with two attached hydrogens (primary N) is 1. The third-order valence-electron chi connectivity index (χ3n) is 2.49. The van der Waals surface area contributed by atoms with E-state index in [-0.39, 0.29) is 11.8 Å². The lowest BCUT2D eigenvalue weighted by Gasteiger charge is -2.23. The van der Waals surface area contributed by atoms with Crippen LogP contribution in [0.3, 0.4) is 0 Å². The molecule has 0 aromatic carbocycles. The van der Waals surface area contributed by atoms with E-state index in [1.54, 1.807) is 0 Å². The Hall–Kier alpha value is -0.750. The number of piperidine rings is 1. The van der Waals surface area contributed by atoms with Crippen molar-refractivity contribution in [3.05, 3.63) is 0 Å². The predicted molar refractivity (Wildman–Crippen MR) is 52.6 cm³/mol. The molecule has 6 heteroatoms. The van der Waals surface area contributed by atoms with Crippen molar-refractivity contribution in [1.82, 2.24) is 10.6 Å². The lowest BCUT2D eigenvalue weighted by Crippen LogP contribution is -2.46. The minimum Gasteiger partial charge on any atom is -0.350 e. The van der Waals surface area contributed by atoms with E-state index in [1.165, 1.54) is 0 Å². The Morgan fingerprint density at radius 1 is 1.60 bits per heavy atom. The van der Waals surface area contributed by atoms with Gasteiger partial charge < -0.3 is 16.4 Å². The highest BCUT2D eigenvalue weighted by Crippen LogP contribution is 2.12. The Morgan fingerprint density at radius 2 is 2.33 bits per heavy atom. The highest BCUT2D eigenvalue weighted by atomic mass is 19.3. The van der Waals surface area contributed by atoms with Crippen LogP contribution in [0.2, 0.25) is 0 Å². The third-order valence-corrected chi connectivity index (χ3v) is 2.49. The smallest absolute Gasteiger partial charge is 0.277 e. The summed E-state index contributed by atoms with van der Waals surface area (Å²) < 4.78 is 25.5. The van der Waals surface area contributed by atoms with Crippen LogP contribution in [0.25, 0.3) is 0 Å². The second kappa shape index (κ2) is 5.37. The maximum atomic E-state index is 12.7. The van der Waals surface area contributed by atoms with Gasteiger partial charge in [-0.2, -0.15) is 0 Å². The van der Waals surface area contributed by atoms with Gasteiger partial charge in [0.15, 0.2) is 0 Å². The maximum absolute atomic E-state index is 12.7. The number of hydrogen-bond acceptors (Lipinski definition) is 3. The lowest BCUT2D eigenvalue weighted by atomic mass is 9.99. The summed E-state index contributed by atoms with van der Waals surface area (Å²) in [7, 11) is 0. The summed E-state index contributed by atoms with van der Waals surface area (Å²) in [5, 5.41) is 5.29. The van der Waals surface area contributed by atoms with Gasteiger partial charge in [0.2, 0.25) is 5.91 Å². The van der Waals surface area contributed by atoms with Gasteiger partial charge in [0.1, 0.15) is 0 Å². The molecule has 1 heterocycles. The Morgan fingerprint density at radius 3 is 2.87 bits per heavy atom. The zero-order valence-electron chi connectivity index (χ0n) is 8.56. The summed E-state index contributed by atoms with van der Waals surface area (Å²) in [5.41, 5.74) is 4.86. The van der Waals surface area contributed by atoms with Gasteiger partial charge in [-0.25, -0.2) is 8.78 Å². The molecular formula is C9H17F2N3O. The van der Waals surface area contributed by atoms with Gasteiger partial charge >= 0.3 is 0 Å². The van der Waals surface area contributed by atoms with E-state index >= 15 is 0 Å². The molecule has 1 atom stereocenters. The first-order chi connectivity index (χ1) is 7.05. The Balaban J connectivity index is 2.28. The second-order valence-corrected chi connectivity index (χ2v) is 3.82. The number of carbonyl (C=O) groups is 1. The normalized spacial score (nSPS) is 22.5. The van der Waals surface area contributed by atoms with E-state index in [4.69, 9.17) is 5.73 Å². The standard InChI is InChI=1S/C9H17F2N3O/c10-9(11,5-12)6-14-8(15)7-2-1-3-13-4-7/h7,13H,1-6,12H2,(H,14,15)/t7-/m1/s1. The van der Waals surface area contributed by atoms with Crippen molar-refractivity contribution in [2.24, 2.45) is 11.7 Å². The minimum atomic E-state index is -3.00. The maximum Gasteiger partial charge on any atom is 0.277 e. The number of rotatable bonds is 4. The molecule has 0 bridgehead atoms. The monoisotopic (exact) mass is 221 g/mol. The van der Waals surface area contributed by atoms with Gasteiger partial charge in [-0.3, -0.25) is 4.79 Å². The molecule has 0 saturated carbocycles. The van der Waals surface area contributed by atoms with Gasteiger partial charge in [-0.1, -0.05) is 0 Å². The Labute approximate surface area is 87.6 Å². The summed E-state index contributed by atoms with van der Waals surface area (Å²) in [6, 6.07) is 0. The van der Waals surface area contributed by atoms with Crippen molar-refractivity contribution in [2.45, 2.75) is 18.8 Å². The van der Waals surface area contributed by atoms with Crippen molar-refractivity contribution < 1.29 is 13.6 Å². The molecule has 1 rings (SSSR count). The number of amides is 1. The SMILES string of the molecule is NCC(F)(F)CNC(=O)[C@@H]1CCCNC1. The zero-order chi connectivity index (χ0) is 11.3. The van der Waals surface area contributed by atoms with Crippen LogP contribution in [-0.2, 0) is 4.79 Å². The van der Waals surface area contributed by atoms with Crippen LogP contribution >= 0.6 is 0 Å². The van der Waals surface area contributed by atoms with Gasteiger partial charge in [0.25, 0.3) is 5.92 Å². The molecule has 1 saturated heterocycles. The Bertz CT molecular complexity index is 217. The van der Waals surface area contributed by atoms with E-state index in [2.05, 4.69) is 10.6 Å². The van der Waals surface area contributed by atoms with Crippen LogP contribution in [0.4, 0.5) is 8.78 Å². The van der Waals surface area contributed by atoms with Crippen molar-refractivity contribution in [3.8, 4) is 0 Å². The molecular weight excluding hydrogens is 204 g/mol. The van der Waals surface area contributed by atoms with Crippen LogP contribution in [0.5, 0.6) is 0 Å². The van der Waals surface area contributed by atoms with Crippen LogP contribution in [-0.4, -0.2) is 38.0 Å². The molecule has 0 unspecified atom stereocenters. The molecule has 4 nitrogen and oxygen atoms in total. The molecule has 15 heavy (non-hydrogen) atoms. The van der Waals surface area contributed by atoms with Crippen LogP contribution in [0.1, 0.15) is 12.8 Å². The van der Waals surface area contributed by atoms with Crippen molar-refractivity contribution >= 4 is 5.91 Å². The van der Waals surface area contributed by atoms with Gasteiger partial charge in [0, 0.05) is 6.54 Å². The summed E-state index contributed by atoms with van der Waals surface area (Å²) >= 11 is 0. The summed E-state index contributed by atoms with van der Waals surface area (Å²) in [6.45, 7) is 0.0534. The van der Waals surface area contributed by atoms with Gasteiger partial charge in [-0.05, 0) is 19.4 Å². The van der Waals surface area contributed by atoms with Gasteiger partial charge in [0.05, 0.1) is 19.0 Å². The fraction of sp³-hybridized carbons (Fsp3) is 0.889. The molecule has 0 radical (unpaired) electrons. The molecule has 0 aromatic rings. The molecule has 88 valence electrons. The van der Waals surface area contributed by atoms with Crippen LogP contribution in [0, 0.1) is 5.92 Å². The molecule has 0 spiro atoms. The minimum absolute atomic E-state index is 0.188. The number of nitrogens with one attached hydrogen (secondary N) is 2. The average Bonchev–Trinajstić information content (AvgIpc) is 2.27. The number of carbonyl (C=O) groups excluding carboxylic acids is 1. The highest BCUT2D eigenvalue weighted by molar-refractivity contribution is 5.79. The summed E-state index contributed by atoms with van der Waals surface area (Å²) in [5.74, 6) is -3.50. The molecule has 4 N–H and O–H groups in total. The molecule has 0 aromatic heterocycles. The fourth-order valence-electron chi connectivity index (χ4n) is 1.51. The third kappa shape index (κ3) is 4.09. The molecule has 1 amide bonds. The largest absolute Gasteiger partial charge is 0.350 e. The van der Waals surface area contributed by atoms with Gasteiger partial charge in [-0.15, -0.1) is 0 Å². The number of alkyl halides is 2. The fourth-order valence-corrected chi connectivity index (χ4v) is 1.51. The van der Waals surface area contributed by atoms with Crippen LogP contribution < -0.4 is 16.4 Å². The van der Waals surface area contributed by atoms with Crippen LogP contribution in [0.15, 0.2) is 0 Å². The number of hydrogen-bond donors (Lipinski definition) is 3. The first-order valence-corrected chi connectivity index (χ1v) is 5.11. The van der Waals surface area contributed by atoms with E-state index < -0.39 is 19.0 Å². The first kappa shape index (κ1) is 12.3. The molecule has 1 fully saturated rings. The lowest BCUT2D eigenvalue weighted by molar-refractivity contribution is -0.127. The van der Waals surface area contributed by atoms with E-state index in [0.29, 0.717) is 6.54 Å². The summed E-state index contributed by atoms with van der Waals surface area (Å²) in [4.78, 5) is 11.4. The predicted octanol–water partition coefficient (Wildman–Crippen LogP) is -0.304. The quantitative estimate of drug-likeness (QED) is 0.610. The highest BCUT2D eigenvalue weighted by Gasteiger charge is 2.29. The van der Waals surface area contributed by atoms with E-state index in [9.17, 15) is 13.6 Å². The van der Waals surface area contributed by atoms with E-state index in [1.807, 2.05) is 0 Å². The van der Waals surface area contributed by atoms with Crippen molar-refractivity contribution in [3.63, 3.8) is 0 Å². The molecule has 0 aliphatic carbocycles. The topological polar surface area (TPSA) is 67.1 Å².